The van der Waals surface area contributed by atoms with E-state index in [4.69, 9.17) is 0 Å². The molecule has 3 heteroatoms. The Morgan fingerprint density at radius 3 is 1.46 bits per heavy atom. The van der Waals surface area contributed by atoms with Crippen LogP contribution in [0.5, 0.6) is 0 Å². The van der Waals surface area contributed by atoms with Crippen molar-refractivity contribution in [3.8, 4) is 11.1 Å². The van der Waals surface area contributed by atoms with Gasteiger partial charge in [0, 0.05) is 0 Å². The minimum atomic E-state index is 0. The van der Waals surface area contributed by atoms with Crippen molar-refractivity contribution >= 4 is 3.21 Å². The molecule has 0 radical (unpaired) electrons. The van der Waals surface area contributed by atoms with E-state index in [9.17, 15) is 0 Å². The van der Waals surface area contributed by atoms with Gasteiger partial charge in [-0.2, -0.15) is 29.3 Å². The molecule has 0 aromatic heterocycles. The normalized spacial score (nSPS) is 15.7. The summed E-state index contributed by atoms with van der Waals surface area (Å²) in [5.74, 6) is 0.573. The smallest absolute Gasteiger partial charge is 1.00 e. The van der Waals surface area contributed by atoms with Crippen molar-refractivity contribution in [1.29, 1.82) is 0 Å². The molecule has 2 aliphatic carbocycles. The second-order valence-corrected chi connectivity index (χ2v) is 20.8. The van der Waals surface area contributed by atoms with Gasteiger partial charge in [-0.05, 0) is 39.4 Å². The molecule has 4 rings (SSSR count). The zero-order valence-corrected chi connectivity index (χ0v) is 36.6. The van der Waals surface area contributed by atoms with Gasteiger partial charge in [0.2, 0.25) is 0 Å². The van der Waals surface area contributed by atoms with Crippen molar-refractivity contribution in [2.24, 2.45) is 11.3 Å². The molecule has 0 N–H and O–H groups in total. The van der Waals surface area contributed by atoms with Gasteiger partial charge in [-0.25, -0.2) is 6.08 Å². The molecule has 2 aromatic rings. The van der Waals surface area contributed by atoms with Gasteiger partial charge in [-0.15, -0.1) is 16.7 Å². The zero-order valence-electron chi connectivity index (χ0n) is 32.6. The summed E-state index contributed by atoms with van der Waals surface area (Å²) >= 11 is 1.55. The van der Waals surface area contributed by atoms with Crippen LogP contribution in [0, 0.1) is 23.5 Å². The summed E-state index contributed by atoms with van der Waals surface area (Å²) in [5, 5.41) is 0. The van der Waals surface area contributed by atoms with E-state index < -0.39 is 0 Å². The van der Waals surface area contributed by atoms with Crippen LogP contribution in [0.2, 0.25) is 0 Å². The SMILES string of the molecule is CC(C)(C)c1[c-]c2c(cc1C(C)(C)C)-c1cc(C(C)(C)C)c(C(C)(C)C)cc1C2.CCC1[C-]=CC(C(C)(C)C)=C1.C[C](C)=[Zr+2].[Cl-].[Cl-]. The van der Waals surface area contributed by atoms with Crippen LogP contribution < -0.4 is 24.8 Å². The van der Waals surface area contributed by atoms with Gasteiger partial charge in [-0.1, -0.05) is 152 Å². The predicted molar refractivity (Wildman–Crippen MR) is 194 cm³/mol. The van der Waals surface area contributed by atoms with E-state index in [-0.39, 0.29) is 46.5 Å². The van der Waals surface area contributed by atoms with Crippen molar-refractivity contribution < 1.29 is 49.0 Å². The Hall–Kier alpha value is -0.747. The second-order valence-electron chi connectivity index (χ2n) is 18.4. The van der Waals surface area contributed by atoms with Crippen LogP contribution in [0.25, 0.3) is 11.1 Å². The predicted octanol–water partition coefficient (Wildman–Crippen LogP) is 6.36. The molecule has 46 heavy (non-hydrogen) atoms. The van der Waals surface area contributed by atoms with Crippen LogP contribution in [0.3, 0.4) is 0 Å². The van der Waals surface area contributed by atoms with Gasteiger partial charge in [0.1, 0.15) is 0 Å². The Morgan fingerprint density at radius 2 is 1.11 bits per heavy atom. The van der Waals surface area contributed by atoms with Crippen LogP contribution in [0.1, 0.15) is 164 Å². The van der Waals surface area contributed by atoms with Gasteiger partial charge in [0.05, 0.1) is 0 Å². The monoisotopic (exact) mass is 740 g/mol. The quantitative estimate of drug-likeness (QED) is 0.255. The van der Waals surface area contributed by atoms with Crippen molar-refractivity contribution in [3.63, 3.8) is 0 Å². The maximum absolute atomic E-state index is 3.90. The van der Waals surface area contributed by atoms with E-state index in [1.54, 1.807) is 24.2 Å². The van der Waals surface area contributed by atoms with Crippen LogP contribution in [-0.2, 0) is 52.3 Å². The first-order valence-electron chi connectivity index (χ1n) is 16.8. The zero-order chi connectivity index (χ0) is 34.2. The number of allylic oxidation sites excluding steroid dienone is 4. The van der Waals surface area contributed by atoms with E-state index in [2.05, 4.69) is 167 Å². The molecule has 256 valence electrons. The minimum absolute atomic E-state index is 0. The van der Waals surface area contributed by atoms with Crippen molar-refractivity contribution in [2.75, 3.05) is 0 Å². The van der Waals surface area contributed by atoms with E-state index in [1.165, 1.54) is 59.7 Å². The Morgan fingerprint density at radius 1 is 0.674 bits per heavy atom. The first-order chi connectivity index (χ1) is 19.7. The molecule has 0 amide bonds. The fourth-order valence-electron chi connectivity index (χ4n) is 5.84. The number of hydrogen-bond acceptors (Lipinski definition) is 0. The molecule has 0 bridgehead atoms. The molecule has 0 saturated heterocycles. The average Bonchev–Trinajstić information content (AvgIpc) is 3.44. The number of fused-ring (bicyclic) bond motifs is 3. The van der Waals surface area contributed by atoms with Gasteiger partial charge in [0.15, 0.2) is 0 Å². The first kappa shape index (κ1) is 45.3. The molecule has 0 nitrogen and oxygen atoms in total. The molecular formula is C43H64Cl2Zr-2. The van der Waals surface area contributed by atoms with Gasteiger partial charge < -0.3 is 24.8 Å². The Bertz CT molecular complexity index is 1320. The summed E-state index contributed by atoms with van der Waals surface area (Å²) in [6.45, 7) is 41.2. The third kappa shape index (κ3) is 12.0. The Balaban J connectivity index is 0.000000994. The molecule has 0 saturated carbocycles. The maximum Gasteiger partial charge on any atom is -1.00 e. The molecule has 0 fully saturated rings. The standard InChI is InChI=1S/C29H41.C11H17.C3H6.2ClH.Zr/c1-26(2,3)22-14-18-13-19-15-23(27(4,5)6)25(29(10,11)12)17-21(19)20(18)16-24(22)28(7,8)9;1-5-9-6-7-10(8-9)11(2,3)4;1-3-2;;;/h14,16-17H,13H2,1-12H3;7-9H,5H2,1-4H3;1-2H3;2*1H;/q2*-1;;;;+2/p-2. The van der Waals surface area contributed by atoms with Crippen LogP contribution in [0.15, 0.2) is 35.9 Å². The fourth-order valence-corrected chi connectivity index (χ4v) is 5.84. The molecule has 1 atom stereocenters. The summed E-state index contributed by atoms with van der Waals surface area (Å²) < 4.78 is 1.51. The van der Waals surface area contributed by atoms with Crippen LogP contribution in [-0.4, -0.2) is 3.21 Å². The Labute approximate surface area is 313 Å². The maximum atomic E-state index is 3.90. The fraction of sp³-hybridized carbons (Fsp3) is 0.605. The minimum Gasteiger partial charge on any atom is -1.00 e. The van der Waals surface area contributed by atoms with E-state index >= 15 is 0 Å². The van der Waals surface area contributed by atoms with Crippen molar-refractivity contribution in [1.82, 2.24) is 0 Å². The van der Waals surface area contributed by atoms with E-state index in [0.717, 1.165) is 6.42 Å². The van der Waals surface area contributed by atoms with Gasteiger partial charge in [-0.3, -0.25) is 6.08 Å². The number of benzene rings is 2. The number of halogens is 2. The third-order valence-electron chi connectivity index (χ3n) is 8.37. The van der Waals surface area contributed by atoms with E-state index in [0.29, 0.717) is 11.3 Å². The summed E-state index contributed by atoms with van der Waals surface area (Å²) in [5.41, 5.74) is 13.7. The molecule has 1 unspecified atom stereocenters. The topological polar surface area (TPSA) is 0 Å². The average molecular weight is 743 g/mol. The third-order valence-corrected chi connectivity index (χ3v) is 8.37. The molecule has 0 heterocycles. The molecule has 2 aliphatic rings. The number of hydrogen-bond donors (Lipinski definition) is 0. The summed E-state index contributed by atoms with van der Waals surface area (Å²) in [7, 11) is 0. The largest absolute Gasteiger partial charge is 1.00 e. The van der Waals surface area contributed by atoms with E-state index in [1.807, 2.05) is 0 Å². The molecule has 2 aromatic carbocycles. The second kappa shape index (κ2) is 16.3. The van der Waals surface area contributed by atoms with Crippen LogP contribution >= 0.6 is 0 Å². The van der Waals surface area contributed by atoms with Crippen molar-refractivity contribution in [2.45, 2.75) is 159 Å². The van der Waals surface area contributed by atoms with Crippen LogP contribution in [0.4, 0.5) is 0 Å². The Kier molecular flexibility index (Phi) is 16.0. The van der Waals surface area contributed by atoms with Gasteiger partial charge >= 0.3 is 41.3 Å². The van der Waals surface area contributed by atoms with Gasteiger partial charge in [0.25, 0.3) is 0 Å². The summed E-state index contributed by atoms with van der Waals surface area (Å²) in [6.07, 6.45) is 10.0. The summed E-state index contributed by atoms with van der Waals surface area (Å²) in [6, 6.07) is 11.4. The number of rotatable bonds is 1. The van der Waals surface area contributed by atoms with Crippen molar-refractivity contribution in [3.05, 3.63) is 81.4 Å². The molecule has 0 aliphatic heterocycles. The molecule has 0 spiro atoms. The summed E-state index contributed by atoms with van der Waals surface area (Å²) in [4.78, 5) is 0. The first-order valence-corrected chi connectivity index (χ1v) is 18.0. The molecular weight excluding hydrogens is 679 g/mol.